The standard InChI is InChI=1S/C13H16F3NO3/c1-17(9-12(18)19)6-3-7-20-11-5-2-4-10(8-11)13(14,15)16/h2,4-5,8H,3,6-7,9H2,1H3,(H,18,19). The van der Waals surface area contributed by atoms with E-state index in [-0.39, 0.29) is 18.9 Å². The van der Waals surface area contributed by atoms with Crippen LogP contribution in [0.2, 0.25) is 0 Å². The number of carbonyl (C=O) groups is 1. The molecule has 1 aromatic carbocycles. The van der Waals surface area contributed by atoms with Crippen LogP contribution in [0.3, 0.4) is 0 Å². The summed E-state index contributed by atoms with van der Waals surface area (Å²) in [5.41, 5.74) is -0.752. The first-order valence-corrected chi connectivity index (χ1v) is 5.99. The summed E-state index contributed by atoms with van der Waals surface area (Å²) < 4.78 is 42.6. The van der Waals surface area contributed by atoms with Gasteiger partial charge in [0.1, 0.15) is 5.75 Å². The van der Waals surface area contributed by atoms with Gasteiger partial charge in [-0.2, -0.15) is 13.2 Å². The maximum Gasteiger partial charge on any atom is 0.416 e. The van der Waals surface area contributed by atoms with Crippen LogP contribution >= 0.6 is 0 Å². The van der Waals surface area contributed by atoms with Crippen molar-refractivity contribution in [2.24, 2.45) is 0 Å². The monoisotopic (exact) mass is 291 g/mol. The molecule has 0 saturated heterocycles. The second kappa shape index (κ2) is 7.14. The minimum atomic E-state index is -4.39. The van der Waals surface area contributed by atoms with Crippen molar-refractivity contribution in [1.29, 1.82) is 0 Å². The summed E-state index contributed by atoms with van der Waals surface area (Å²) >= 11 is 0. The van der Waals surface area contributed by atoms with Gasteiger partial charge < -0.3 is 9.84 Å². The van der Waals surface area contributed by atoms with Crippen LogP contribution in [0.1, 0.15) is 12.0 Å². The normalized spacial score (nSPS) is 11.7. The Morgan fingerprint density at radius 2 is 2.10 bits per heavy atom. The average Bonchev–Trinajstić information content (AvgIpc) is 2.33. The molecule has 1 aromatic rings. The van der Waals surface area contributed by atoms with Gasteiger partial charge in [0.05, 0.1) is 18.7 Å². The molecule has 7 heteroatoms. The van der Waals surface area contributed by atoms with Gasteiger partial charge in [0.2, 0.25) is 0 Å². The number of ether oxygens (including phenoxy) is 1. The van der Waals surface area contributed by atoms with E-state index < -0.39 is 17.7 Å². The minimum absolute atomic E-state index is 0.0798. The van der Waals surface area contributed by atoms with Crippen LogP contribution < -0.4 is 4.74 Å². The number of hydrogen-bond acceptors (Lipinski definition) is 3. The quantitative estimate of drug-likeness (QED) is 0.784. The third-order valence-electron chi connectivity index (χ3n) is 2.52. The Bertz CT molecular complexity index is 449. The van der Waals surface area contributed by atoms with Crippen molar-refractivity contribution in [1.82, 2.24) is 4.90 Å². The summed E-state index contributed by atoms with van der Waals surface area (Å²) in [7, 11) is 1.65. The van der Waals surface area contributed by atoms with Gasteiger partial charge in [-0.15, -0.1) is 0 Å². The molecule has 0 aliphatic heterocycles. The van der Waals surface area contributed by atoms with Crippen molar-refractivity contribution in [2.75, 3.05) is 26.7 Å². The highest BCUT2D eigenvalue weighted by Gasteiger charge is 2.30. The highest BCUT2D eigenvalue weighted by molar-refractivity contribution is 5.68. The number of rotatable bonds is 7. The highest BCUT2D eigenvalue weighted by Crippen LogP contribution is 2.31. The molecule has 0 radical (unpaired) electrons. The maximum atomic E-state index is 12.5. The minimum Gasteiger partial charge on any atom is -0.494 e. The summed E-state index contributed by atoms with van der Waals surface area (Å²) in [6.45, 7) is 0.639. The van der Waals surface area contributed by atoms with E-state index in [9.17, 15) is 18.0 Å². The molecule has 0 aliphatic carbocycles. The maximum absolute atomic E-state index is 12.5. The second-order valence-corrected chi connectivity index (χ2v) is 4.36. The van der Waals surface area contributed by atoms with Crippen LogP contribution in [0.25, 0.3) is 0 Å². The van der Waals surface area contributed by atoms with Gasteiger partial charge >= 0.3 is 12.1 Å². The van der Waals surface area contributed by atoms with Gasteiger partial charge in [0, 0.05) is 6.54 Å². The van der Waals surface area contributed by atoms with E-state index in [1.165, 1.54) is 12.1 Å². The van der Waals surface area contributed by atoms with Crippen LogP contribution in [0.5, 0.6) is 5.75 Å². The van der Waals surface area contributed by atoms with E-state index >= 15 is 0 Å². The molecule has 0 saturated carbocycles. The Labute approximate surface area is 114 Å². The largest absolute Gasteiger partial charge is 0.494 e. The average molecular weight is 291 g/mol. The van der Waals surface area contributed by atoms with Crippen molar-refractivity contribution in [3.05, 3.63) is 29.8 Å². The highest BCUT2D eigenvalue weighted by atomic mass is 19.4. The molecule has 0 aliphatic rings. The molecular weight excluding hydrogens is 275 g/mol. The van der Waals surface area contributed by atoms with Crippen LogP contribution in [0.15, 0.2) is 24.3 Å². The third-order valence-corrected chi connectivity index (χ3v) is 2.52. The molecule has 0 amide bonds. The lowest BCUT2D eigenvalue weighted by atomic mass is 10.2. The molecule has 1 N–H and O–H groups in total. The Kier molecular flexibility index (Phi) is 5.82. The molecule has 112 valence electrons. The van der Waals surface area contributed by atoms with Gasteiger partial charge in [0.15, 0.2) is 0 Å². The van der Waals surface area contributed by atoms with Gasteiger partial charge in [-0.25, -0.2) is 0 Å². The van der Waals surface area contributed by atoms with E-state index in [2.05, 4.69) is 0 Å². The van der Waals surface area contributed by atoms with E-state index in [0.29, 0.717) is 13.0 Å². The fourth-order valence-corrected chi connectivity index (χ4v) is 1.60. The predicted octanol–water partition coefficient (Wildman–Crippen LogP) is 2.49. The number of nitrogens with zero attached hydrogens (tertiary/aromatic N) is 1. The number of likely N-dealkylation sites (N-methyl/N-ethyl adjacent to an activating group) is 1. The molecule has 0 bridgehead atoms. The Morgan fingerprint density at radius 1 is 1.40 bits per heavy atom. The van der Waals surface area contributed by atoms with E-state index in [4.69, 9.17) is 9.84 Å². The first-order valence-electron chi connectivity index (χ1n) is 5.99. The first-order chi connectivity index (χ1) is 9.29. The number of carboxylic acid groups (broad SMARTS) is 1. The molecule has 4 nitrogen and oxygen atoms in total. The van der Waals surface area contributed by atoms with Crippen molar-refractivity contribution in [3.8, 4) is 5.75 Å². The molecule has 20 heavy (non-hydrogen) atoms. The number of halogens is 3. The summed E-state index contributed by atoms with van der Waals surface area (Å²) in [6, 6.07) is 4.67. The summed E-state index contributed by atoms with van der Waals surface area (Å²) in [5, 5.41) is 8.55. The molecule has 0 atom stereocenters. The summed E-state index contributed by atoms with van der Waals surface area (Å²) in [5.74, 6) is -0.771. The smallest absolute Gasteiger partial charge is 0.416 e. The zero-order valence-electron chi connectivity index (χ0n) is 11.0. The lowest BCUT2D eigenvalue weighted by Gasteiger charge is -2.14. The van der Waals surface area contributed by atoms with Crippen molar-refractivity contribution in [3.63, 3.8) is 0 Å². The molecule has 0 unspecified atom stereocenters. The Hall–Kier alpha value is -1.76. The Balaban J connectivity index is 2.37. The van der Waals surface area contributed by atoms with Crippen LogP contribution in [-0.2, 0) is 11.0 Å². The van der Waals surface area contributed by atoms with E-state index in [1.54, 1.807) is 11.9 Å². The van der Waals surface area contributed by atoms with Crippen molar-refractivity contribution in [2.45, 2.75) is 12.6 Å². The van der Waals surface area contributed by atoms with Crippen LogP contribution in [0.4, 0.5) is 13.2 Å². The number of benzene rings is 1. The first kappa shape index (κ1) is 16.3. The lowest BCUT2D eigenvalue weighted by Crippen LogP contribution is -2.27. The summed E-state index contributed by atoms with van der Waals surface area (Å²) in [6.07, 6.45) is -3.86. The predicted molar refractivity (Wildman–Crippen MR) is 66.7 cm³/mol. The second-order valence-electron chi connectivity index (χ2n) is 4.36. The van der Waals surface area contributed by atoms with Gasteiger partial charge in [-0.3, -0.25) is 9.69 Å². The fourth-order valence-electron chi connectivity index (χ4n) is 1.60. The zero-order chi connectivity index (χ0) is 15.2. The molecule has 0 spiro atoms. The number of carboxylic acids is 1. The molecule has 0 fully saturated rings. The van der Waals surface area contributed by atoms with Gasteiger partial charge in [0.25, 0.3) is 0 Å². The van der Waals surface area contributed by atoms with E-state index in [0.717, 1.165) is 12.1 Å². The number of hydrogen-bond donors (Lipinski definition) is 1. The molecular formula is C13H16F3NO3. The lowest BCUT2D eigenvalue weighted by molar-refractivity contribution is -0.138. The molecule has 0 heterocycles. The zero-order valence-corrected chi connectivity index (χ0v) is 11.0. The number of aliphatic carboxylic acids is 1. The van der Waals surface area contributed by atoms with Crippen LogP contribution in [-0.4, -0.2) is 42.7 Å². The topological polar surface area (TPSA) is 49.8 Å². The van der Waals surface area contributed by atoms with Gasteiger partial charge in [-0.1, -0.05) is 6.07 Å². The van der Waals surface area contributed by atoms with E-state index in [1.807, 2.05) is 0 Å². The van der Waals surface area contributed by atoms with Crippen molar-refractivity contribution < 1.29 is 27.8 Å². The number of alkyl halides is 3. The third kappa shape index (κ3) is 5.92. The SMILES string of the molecule is CN(CCCOc1cccc(C(F)(F)F)c1)CC(=O)O. The Morgan fingerprint density at radius 3 is 2.70 bits per heavy atom. The fraction of sp³-hybridized carbons (Fsp3) is 0.462. The van der Waals surface area contributed by atoms with Gasteiger partial charge in [-0.05, 0) is 31.7 Å². The molecule has 1 rings (SSSR count). The molecule has 0 aromatic heterocycles. The van der Waals surface area contributed by atoms with Crippen LogP contribution in [0, 0.1) is 0 Å². The van der Waals surface area contributed by atoms with Crippen molar-refractivity contribution >= 4 is 5.97 Å². The summed E-state index contributed by atoms with van der Waals surface area (Å²) in [4.78, 5) is 12.0.